The summed E-state index contributed by atoms with van der Waals surface area (Å²) in [6.45, 7) is 8.24. The van der Waals surface area contributed by atoms with Gasteiger partial charge in [-0.25, -0.2) is 9.97 Å². The van der Waals surface area contributed by atoms with Gasteiger partial charge in [-0.15, -0.1) is 0 Å². The fourth-order valence-electron chi connectivity index (χ4n) is 4.68. The van der Waals surface area contributed by atoms with Crippen LogP contribution in [-0.4, -0.2) is 63.6 Å². The van der Waals surface area contributed by atoms with Crippen molar-refractivity contribution in [2.45, 2.75) is 13.8 Å². The molecule has 1 aromatic heterocycles. The van der Waals surface area contributed by atoms with E-state index >= 15 is 0 Å². The van der Waals surface area contributed by atoms with Crippen molar-refractivity contribution in [3.8, 4) is 0 Å². The summed E-state index contributed by atoms with van der Waals surface area (Å²) in [5.41, 5.74) is 5.89. The van der Waals surface area contributed by atoms with E-state index in [4.69, 9.17) is 17.2 Å². The molecule has 0 radical (unpaired) electrons. The van der Waals surface area contributed by atoms with Crippen molar-refractivity contribution in [2.75, 3.05) is 48.7 Å². The number of hydrogen-bond acceptors (Lipinski definition) is 5. The first-order valence-electron chi connectivity index (χ1n) is 14.1. The lowest BCUT2D eigenvalue weighted by Gasteiger charge is -2.35. The number of aromatic nitrogens is 2. The van der Waals surface area contributed by atoms with E-state index in [2.05, 4.69) is 72.1 Å². The minimum Gasteiger partial charge on any atom is -0.356 e. The van der Waals surface area contributed by atoms with Gasteiger partial charge >= 0.3 is 0 Å². The molecule has 0 saturated carbocycles. The molecule has 1 fully saturated rings. The summed E-state index contributed by atoms with van der Waals surface area (Å²) in [5, 5.41) is 10.4. The summed E-state index contributed by atoms with van der Waals surface area (Å²) in [6, 6.07) is 30.4. The van der Waals surface area contributed by atoms with E-state index in [0.29, 0.717) is 17.0 Å². The number of rotatable bonds is 7. The molecule has 5 rings (SSSR count). The van der Waals surface area contributed by atoms with Crippen molar-refractivity contribution in [1.82, 2.24) is 19.8 Å². The van der Waals surface area contributed by atoms with Gasteiger partial charge in [0, 0.05) is 61.2 Å². The Labute approximate surface area is 253 Å². The Balaban J connectivity index is 1.24. The number of thiocarbonyl (C=S) groups is 1. The van der Waals surface area contributed by atoms with E-state index in [0.717, 1.165) is 61.2 Å². The van der Waals surface area contributed by atoms with Crippen LogP contribution in [0, 0.1) is 13.8 Å². The van der Waals surface area contributed by atoms with Crippen molar-refractivity contribution >= 4 is 52.4 Å². The second kappa shape index (κ2) is 14.3. The molecule has 0 atom stereocenters. The number of anilines is 4. The molecule has 0 unspecified atom stereocenters. The molecular weight excluding hydrogens is 540 g/mol. The fraction of sp³-hybridized carbons (Fsp3) is 0.212. The number of guanidine groups is 1. The summed E-state index contributed by atoms with van der Waals surface area (Å²) in [5.74, 6) is 1.15. The van der Waals surface area contributed by atoms with Crippen LogP contribution in [0.25, 0.3) is 6.08 Å². The van der Waals surface area contributed by atoms with E-state index in [1.165, 1.54) is 5.56 Å². The lowest BCUT2D eigenvalue weighted by atomic mass is 10.2. The van der Waals surface area contributed by atoms with Gasteiger partial charge in [-0.05, 0) is 74.1 Å². The van der Waals surface area contributed by atoms with E-state index in [-0.39, 0.29) is 0 Å². The van der Waals surface area contributed by atoms with Gasteiger partial charge in [0.05, 0.1) is 0 Å². The maximum absolute atomic E-state index is 5.67. The molecule has 42 heavy (non-hydrogen) atoms. The van der Waals surface area contributed by atoms with Crippen molar-refractivity contribution in [1.29, 1.82) is 0 Å². The molecule has 4 aromatic rings. The number of nitrogens with zero attached hydrogens (tertiary/aromatic N) is 5. The molecule has 1 aliphatic heterocycles. The Kier molecular flexibility index (Phi) is 9.87. The molecule has 0 bridgehead atoms. The smallest absolute Gasteiger partial charge is 0.229 e. The molecular formula is C33H36N8S. The summed E-state index contributed by atoms with van der Waals surface area (Å²) in [4.78, 5) is 18.6. The normalized spacial score (nSPS) is 14.1. The number of aryl methyl sites for hydroxylation is 2. The van der Waals surface area contributed by atoms with Crippen molar-refractivity contribution < 1.29 is 0 Å². The Morgan fingerprint density at radius 3 is 2.05 bits per heavy atom. The highest BCUT2D eigenvalue weighted by atomic mass is 32.1. The zero-order valence-electron chi connectivity index (χ0n) is 24.0. The maximum atomic E-state index is 5.67. The average molecular weight is 577 g/mol. The number of aliphatic imine (C=N–C) groups is 1. The molecule has 0 spiro atoms. The predicted molar refractivity (Wildman–Crippen MR) is 178 cm³/mol. The standard InChI is InChI=1S/C33H36N8S/c1-25-24-26(2)35-31(34-25)38-32(41-22-20-40(21-23-41)19-9-12-27-10-5-3-6-11-27)39-33(42)37-30-17-15-29(16-18-30)36-28-13-7-4-8-14-28/h3-18,24,36H,19-23H2,1-2H3,(H2,34,35,37,38,39,42)/b12-9+. The maximum Gasteiger partial charge on any atom is 0.229 e. The van der Waals surface area contributed by atoms with Crippen molar-refractivity contribution in [2.24, 2.45) is 4.99 Å². The van der Waals surface area contributed by atoms with Crippen LogP contribution in [0.4, 0.5) is 23.0 Å². The molecule has 214 valence electrons. The molecule has 9 heteroatoms. The van der Waals surface area contributed by atoms with Crippen LogP contribution in [-0.2, 0) is 0 Å². The Hall–Kier alpha value is -4.60. The Morgan fingerprint density at radius 2 is 1.38 bits per heavy atom. The largest absolute Gasteiger partial charge is 0.356 e. The minimum absolute atomic E-state index is 0.360. The van der Waals surface area contributed by atoms with Gasteiger partial charge in [-0.3, -0.25) is 10.2 Å². The van der Waals surface area contributed by atoms with Crippen LogP contribution in [0.15, 0.2) is 102 Å². The summed E-state index contributed by atoms with van der Waals surface area (Å²) >= 11 is 5.67. The second-order valence-corrected chi connectivity index (χ2v) is 10.5. The molecule has 3 N–H and O–H groups in total. The second-order valence-electron chi connectivity index (χ2n) is 10.1. The van der Waals surface area contributed by atoms with Crippen molar-refractivity contribution in [3.63, 3.8) is 0 Å². The summed E-state index contributed by atoms with van der Waals surface area (Å²) < 4.78 is 0. The number of nitrogens with one attached hydrogen (secondary N) is 3. The van der Waals surface area contributed by atoms with Gasteiger partial charge in [0.2, 0.25) is 17.0 Å². The first kappa shape index (κ1) is 28.9. The summed E-state index contributed by atoms with van der Waals surface area (Å²) in [6.07, 6.45) is 4.40. The van der Waals surface area contributed by atoms with Gasteiger partial charge in [0.25, 0.3) is 0 Å². The van der Waals surface area contributed by atoms with Gasteiger partial charge in [0.1, 0.15) is 0 Å². The van der Waals surface area contributed by atoms with Crippen LogP contribution in [0.3, 0.4) is 0 Å². The van der Waals surface area contributed by atoms with Crippen LogP contribution in [0.1, 0.15) is 17.0 Å². The topological polar surface area (TPSA) is 80.7 Å². The highest BCUT2D eigenvalue weighted by molar-refractivity contribution is 7.80. The van der Waals surface area contributed by atoms with Crippen LogP contribution >= 0.6 is 12.2 Å². The Bertz CT molecular complexity index is 1490. The van der Waals surface area contributed by atoms with Crippen LogP contribution in [0.5, 0.6) is 0 Å². The summed E-state index contributed by atoms with van der Waals surface area (Å²) in [7, 11) is 0. The van der Waals surface area contributed by atoms with Gasteiger partial charge in [0.15, 0.2) is 0 Å². The molecule has 3 aromatic carbocycles. The Morgan fingerprint density at radius 1 is 0.786 bits per heavy atom. The molecule has 1 aliphatic rings. The third-order valence-corrected chi connectivity index (χ3v) is 6.95. The van der Waals surface area contributed by atoms with Gasteiger partial charge < -0.3 is 15.5 Å². The van der Waals surface area contributed by atoms with E-state index in [1.807, 2.05) is 80.6 Å². The minimum atomic E-state index is 0.360. The number of hydrogen-bond donors (Lipinski definition) is 3. The van der Waals surface area contributed by atoms with E-state index < -0.39 is 0 Å². The predicted octanol–water partition coefficient (Wildman–Crippen LogP) is 6.33. The highest BCUT2D eigenvalue weighted by Crippen LogP contribution is 2.19. The van der Waals surface area contributed by atoms with Gasteiger partial charge in [-0.1, -0.05) is 60.7 Å². The molecule has 2 heterocycles. The number of benzene rings is 3. The number of para-hydroxylation sites is 1. The zero-order chi connectivity index (χ0) is 29.1. The SMILES string of the molecule is Cc1cc(C)nc(N/C(=N/C(=S)Nc2ccc(Nc3ccccc3)cc2)N2CCN(C/C=C/c3ccccc3)CC2)n1. The molecule has 8 nitrogen and oxygen atoms in total. The highest BCUT2D eigenvalue weighted by Gasteiger charge is 2.21. The molecule has 0 amide bonds. The lowest BCUT2D eigenvalue weighted by molar-refractivity contribution is 0.198. The van der Waals surface area contributed by atoms with Crippen LogP contribution < -0.4 is 16.0 Å². The van der Waals surface area contributed by atoms with E-state index in [9.17, 15) is 0 Å². The third kappa shape index (κ3) is 8.70. The first-order valence-corrected chi connectivity index (χ1v) is 14.5. The van der Waals surface area contributed by atoms with Crippen LogP contribution in [0.2, 0.25) is 0 Å². The first-order chi connectivity index (χ1) is 20.5. The van der Waals surface area contributed by atoms with E-state index in [1.54, 1.807) is 0 Å². The zero-order valence-corrected chi connectivity index (χ0v) is 24.8. The lowest BCUT2D eigenvalue weighted by Crippen LogP contribution is -2.51. The molecule has 1 saturated heterocycles. The third-order valence-electron chi connectivity index (χ3n) is 6.76. The molecule has 0 aliphatic carbocycles. The van der Waals surface area contributed by atoms with Gasteiger partial charge in [-0.2, -0.15) is 4.99 Å². The monoisotopic (exact) mass is 576 g/mol. The number of piperazine rings is 1. The average Bonchev–Trinajstić information content (AvgIpc) is 2.99. The van der Waals surface area contributed by atoms with Crippen molar-refractivity contribution in [3.05, 3.63) is 114 Å². The fourth-order valence-corrected chi connectivity index (χ4v) is 4.88. The quantitative estimate of drug-likeness (QED) is 0.134.